The van der Waals surface area contributed by atoms with Crippen LogP contribution in [0.4, 0.5) is 4.39 Å². The van der Waals surface area contributed by atoms with Gasteiger partial charge in [-0.2, -0.15) is 5.26 Å². The van der Waals surface area contributed by atoms with Crippen LogP contribution in [0.1, 0.15) is 50.9 Å². The molecule has 1 aromatic rings. The lowest BCUT2D eigenvalue weighted by Gasteiger charge is -2.36. The van der Waals surface area contributed by atoms with Crippen molar-refractivity contribution in [3.63, 3.8) is 0 Å². The third kappa shape index (κ3) is 4.67. The zero-order valence-corrected chi connectivity index (χ0v) is 15.4. The molecule has 2 rings (SSSR count). The average molecular weight is 381 g/mol. The molecule has 0 amide bonds. The first-order chi connectivity index (χ1) is 12.9. The predicted octanol–water partition coefficient (Wildman–Crippen LogP) is 2.60. The first-order valence-electron chi connectivity index (χ1n) is 8.81. The van der Waals surface area contributed by atoms with Crippen LogP contribution in [0.2, 0.25) is 0 Å². The number of carbonyl (C=O) groups excluding carboxylic acids is 1. The lowest BCUT2D eigenvalue weighted by molar-refractivity contribution is -0.158. The molecule has 0 radical (unpaired) electrons. The van der Waals surface area contributed by atoms with Crippen LogP contribution in [0.5, 0.6) is 11.5 Å². The molecule has 0 aliphatic heterocycles. The van der Waals surface area contributed by atoms with Crippen LogP contribution in [-0.4, -0.2) is 36.0 Å². The summed E-state index contributed by atoms with van der Waals surface area (Å²) >= 11 is 0. The Morgan fingerprint density at radius 3 is 2.56 bits per heavy atom. The standard InChI is InChI=1S/C19H24FNO6/c1-3-26-18(24)19(8-9-21)6-4-12(5-7-19)27-16-10-13(17(22)23)15(25-2)11-14(16)20/h10-12,17,22-23H,3-8H2,1-2H3. The number of nitriles is 1. The highest BCUT2D eigenvalue weighted by Gasteiger charge is 2.43. The zero-order chi connectivity index (χ0) is 20.0. The summed E-state index contributed by atoms with van der Waals surface area (Å²) in [5.74, 6) is -1.18. The number of aliphatic hydroxyl groups is 2. The third-order valence-corrected chi connectivity index (χ3v) is 4.87. The molecule has 2 N–H and O–H groups in total. The van der Waals surface area contributed by atoms with Gasteiger partial charge in [0, 0.05) is 6.07 Å². The maximum Gasteiger partial charge on any atom is 0.313 e. The van der Waals surface area contributed by atoms with Gasteiger partial charge >= 0.3 is 5.97 Å². The van der Waals surface area contributed by atoms with E-state index in [1.165, 1.54) is 13.2 Å². The minimum absolute atomic E-state index is 0.00457. The van der Waals surface area contributed by atoms with E-state index in [-0.39, 0.29) is 42.2 Å². The molecule has 1 aliphatic rings. The number of esters is 1. The highest BCUT2D eigenvalue weighted by atomic mass is 19.1. The van der Waals surface area contributed by atoms with Gasteiger partial charge in [-0.05, 0) is 38.7 Å². The van der Waals surface area contributed by atoms with Crippen molar-refractivity contribution in [2.24, 2.45) is 5.41 Å². The monoisotopic (exact) mass is 381 g/mol. The van der Waals surface area contributed by atoms with E-state index in [4.69, 9.17) is 19.5 Å². The van der Waals surface area contributed by atoms with Gasteiger partial charge in [0.05, 0.1) is 43.3 Å². The second-order valence-corrected chi connectivity index (χ2v) is 6.55. The SMILES string of the molecule is CCOC(=O)C1(CC#N)CCC(Oc2cc(C(O)O)c(OC)cc2F)CC1. The fourth-order valence-corrected chi connectivity index (χ4v) is 3.35. The molecular formula is C19H24FNO6. The van der Waals surface area contributed by atoms with Crippen LogP contribution in [0, 0.1) is 22.6 Å². The van der Waals surface area contributed by atoms with E-state index in [0.29, 0.717) is 25.7 Å². The van der Waals surface area contributed by atoms with Crippen LogP contribution in [0.25, 0.3) is 0 Å². The molecule has 27 heavy (non-hydrogen) atoms. The first-order valence-corrected chi connectivity index (χ1v) is 8.81. The molecule has 0 heterocycles. The van der Waals surface area contributed by atoms with Crippen LogP contribution in [0.3, 0.4) is 0 Å². The Bertz CT molecular complexity index is 707. The third-order valence-electron chi connectivity index (χ3n) is 4.87. The van der Waals surface area contributed by atoms with Crippen LogP contribution >= 0.6 is 0 Å². The highest BCUT2D eigenvalue weighted by Crippen LogP contribution is 2.42. The molecule has 1 aliphatic carbocycles. The molecule has 0 unspecified atom stereocenters. The van der Waals surface area contributed by atoms with Gasteiger partial charge in [-0.1, -0.05) is 0 Å². The number of rotatable bonds is 7. The summed E-state index contributed by atoms with van der Waals surface area (Å²) in [4.78, 5) is 12.3. The van der Waals surface area contributed by atoms with Gasteiger partial charge in [-0.15, -0.1) is 0 Å². The molecule has 0 aromatic heterocycles. The number of ether oxygens (including phenoxy) is 3. The van der Waals surface area contributed by atoms with E-state index in [2.05, 4.69) is 6.07 Å². The summed E-state index contributed by atoms with van der Waals surface area (Å²) in [6, 6.07) is 4.28. The minimum atomic E-state index is -1.83. The van der Waals surface area contributed by atoms with Crippen molar-refractivity contribution in [2.45, 2.75) is 51.4 Å². The Kier molecular flexibility index (Phi) is 6.99. The quantitative estimate of drug-likeness (QED) is 0.552. The Hall–Kier alpha value is -2.37. The Morgan fingerprint density at radius 2 is 2.04 bits per heavy atom. The van der Waals surface area contributed by atoms with Crippen molar-refractivity contribution >= 4 is 5.97 Å². The normalized spacial score (nSPS) is 22.2. The maximum atomic E-state index is 14.3. The van der Waals surface area contributed by atoms with Crippen LogP contribution in [0.15, 0.2) is 12.1 Å². The predicted molar refractivity (Wildman–Crippen MR) is 92.3 cm³/mol. The smallest absolute Gasteiger partial charge is 0.313 e. The summed E-state index contributed by atoms with van der Waals surface area (Å²) in [5.41, 5.74) is -0.856. The molecule has 7 nitrogen and oxygen atoms in total. The second kappa shape index (κ2) is 9.02. The van der Waals surface area contributed by atoms with Gasteiger partial charge in [-0.3, -0.25) is 4.79 Å². The number of benzene rings is 1. The van der Waals surface area contributed by atoms with Gasteiger partial charge in [-0.25, -0.2) is 4.39 Å². The molecule has 8 heteroatoms. The molecule has 1 saturated carbocycles. The van der Waals surface area contributed by atoms with E-state index in [1.54, 1.807) is 6.92 Å². The van der Waals surface area contributed by atoms with E-state index >= 15 is 0 Å². The first kappa shape index (κ1) is 20.9. The Balaban J connectivity index is 2.12. The van der Waals surface area contributed by atoms with Gasteiger partial charge in [0.2, 0.25) is 0 Å². The Morgan fingerprint density at radius 1 is 1.37 bits per heavy atom. The molecule has 1 fully saturated rings. The van der Waals surface area contributed by atoms with Gasteiger partial charge in [0.25, 0.3) is 0 Å². The number of halogens is 1. The molecule has 0 atom stereocenters. The molecule has 148 valence electrons. The Labute approximate surface area is 157 Å². The molecule has 0 saturated heterocycles. The number of aliphatic hydroxyl groups excluding tert-OH is 1. The van der Waals surface area contributed by atoms with Crippen molar-refractivity contribution in [3.8, 4) is 17.6 Å². The van der Waals surface area contributed by atoms with Crippen molar-refractivity contribution in [1.29, 1.82) is 5.26 Å². The van der Waals surface area contributed by atoms with Crippen molar-refractivity contribution in [2.75, 3.05) is 13.7 Å². The molecule has 0 spiro atoms. The van der Waals surface area contributed by atoms with Crippen molar-refractivity contribution in [1.82, 2.24) is 0 Å². The van der Waals surface area contributed by atoms with E-state index in [0.717, 1.165) is 6.07 Å². The summed E-state index contributed by atoms with van der Waals surface area (Å²) in [6.07, 6.45) is -0.434. The molecular weight excluding hydrogens is 357 g/mol. The molecule has 0 bridgehead atoms. The van der Waals surface area contributed by atoms with Crippen LogP contribution in [-0.2, 0) is 9.53 Å². The van der Waals surface area contributed by atoms with E-state index in [1.807, 2.05) is 0 Å². The van der Waals surface area contributed by atoms with Crippen molar-refractivity contribution < 1.29 is 33.6 Å². The lowest BCUT2D eigenvalue weighted by Crippen LogP contribution is -2.39. The van der Waals surface area contributed by atoms with Crippen molar-refractivity contribution in [3.05, 3.63) is 23.5 Å². The number of hydrogen-bond acceptors (Lipinski definition) is 7. The molecule has 1 aromatic carbocycles. The van der Waals surface area contributed by atoms with E-state index in [9.17, 15) is 19.4 Å². The van der Waals surface area contributed by atoms with Gasteiger partial charge < -0.3 is 24.4 Å². The number of methoxy groups -OCH3 is 1. The summed E-state index contributed by atoms with van der Waals surface area (Å²) in [7, 11) is 1.30. The zero-order valence-electron chi connectivity index (χ0n) is 15.4. The number of nitrogens with zero attached hydrogens (tertiary/aromatic N) is 1. The second-order valence-electron chi connectivity index (χ2n) is 6.55. The highest BCUT2D eigenvalue weighted by molar-refractivity contribution is 5.77. The number of carbonyl (C=O) groups is 1. The summed E-state index contributed by atoms with van der Waals surface area (Å²) < 4.78 is 30.0. The summed E-state index contributed by atoms with van der Waals surface area (Å²) in [5, 5.41) is 27.9. The van der Waals surface area contributed by atoms with Crippen LogP contribution < -0.4 is 9.47 Å². The lowest BCUT2D eigenvalue weighted by atomic mass is 9.71. The van der Waals surface area contributed by atoms with E-state index < -0.39 is 17.5 Å². The van der Waals surface area contributed by atoms with Gasteiger partial charge in [0.15, 0.2) is 17.9 Å². The fraction of sp³-hybridized carbons (Fsp3) is 0.579. The maximum absolute atomic E-state index is 14.3. The van der Waals surface area contributed by atoms with Gasteiger partial charge in [0.1, 0.15) is 5.75 Å². The number of hydrogen-bond donors (Lipinski definition) is 2. The average Bonchev–Trinajstić information content (AvgIpc) is 2.64. The minimum Gasteiger partial charge on any atom is -0.496 e. The topological polar surface area (TPSA) is 109 Å². The largest absolute Gasteiger partial charge is 0.496 e. The summed E-state index contributed by atoms with van der Waals surface area (Å²) in [6.45, 7) is 1.96. The fourth-order valence-electron chi connectivity index (χ4n) is 3.35.